The van der Waals surface area contributed by atoms with Crippen molar-refractivity contribution in [2.24, 2.45) is 0 Å². The third-order valence-electron chi connectivity index (χ3n) is 5.18. The van der Waals surface area contributed by atoms with Gasteiger partial charge in [-0.2, -0.15) is 0 Å². The summed E-state index contributed by atoms with van der Waals surface area (Å²) >= 11 is 0. The van der Waals surface area contributed by atoms with Crippen LogP contribution >= 0.6 is 0 Å². The molecule has 146 valence electrons. The van der Waals surface area contributed by atoms with Crippen LogP contribution in [0, 0.1) is 0 Å². The van der Waals surface area contributed by atoms with Gasteiger partial charge in [-0.3, -0.25) is 0 Å². The molecule has 0 saturated carbocycles. The predicted molar refractivity (Wildman–Crippen MR) is 109 cm³/mol. The van der Waals surface area contributed by atoms with Crippen LogP contribution in [0.5, 0.6) is 5.75 Å². The number of imidazole rings is 1. The number of anilines is 1. The average Bonchev–Trinajstić information content (AvgIpc) is 3.05. The Morgan fingerprint density at radius 2 is 1.86 bits per heavy atom. The first-order valence-electron chi connectivity index (χ1n) is 9.66. The fraction of sp³-hybridized carbons (Fsp3) is 0.300. The third kappa shape index (κ3) is 2.93. The van der Waals surface area contributed by atoms with E-state index < -0.39 is 7.04 Å². The fourth-order valence-electron chi connectivity index (χ4n) is 3.73. The number of rotatable bonds is 5. The van der Waals surface area contributed by atoms with Gasteiger partial charge in [0.05, 0.1) is 12.3 Å². The molecule has 0 N–H and O–H groups in total. The number of hydrogen-bond donors (Lipinski definition) is 0. The number of hydrogen-bond acceptors (Lipinski definition) is 3. The molecule has 0 radical (unpaired) electrons. The van der Waals surface area contributed by atoms with E-state index in [1.807, 2.05) is 57.2 Å². The lowest BCUT2D eigenvalue weighted by Crippen LogP contribution is -2.47. The van der Waals surface area contributed by atoms with Crippen molar-refractivity contribution in [3.05, 3.63) is 48.0 Å². The molecule has 2 heterocycles. The van der Waals surface area contributed by atoms with Crippen LogP contribution in [0.25, 0.3) is 11.0 Å². The average molecular weight is 384 g/mol. The number of aromatic nitrogens is 2. The van der Waals surface area contributed by atoms with E-state index in [0.29, 0.717) is 17.6 Å². The van der Waals surface area contributed by atoms with Crippen molar-refractivity contribution < 1.29 is 17.8 Å². The molecule has 0 atom stereocenters. The molecule has 0 saturated heterocycles. The zero-order valence-corrected chi connectivity index (χ0v) is 16.3. The molecule has 1 aliphatic rings. The highest BCUT2D eigenvalue weighted by Crippen LogP contribution is 2.34. The van der Waals surface area contributed by atoms with Crippen molar-refractivity contribution in [3.8, 4) is 5.75 Å². The molecule has 0 spiro atoms. The summed E-state index contributed by atoms with van der Waals surface area (Å²) in [5.74, 6) is 0.386. The van der Waals surface area contributed by atoms with Crippen LogP contribution in [0.15, 0.2) is 42.5 Å². The largest absolute Gasteiger partial charge is 0.701 e. The molecule has 0 fully saturated rings. The molecule has 4 rings (SSSR count). The number of aryl methyl sites for hydroxylation is 1. The molecule has 1 aromatic heterocycles. The lowest BCUT2D eigenvalue weighted by Gasteiger charge is -2.33. The van der Waals surface area contributed by atoms with Crippen LogP contribution in [0.4, 0.5) is 20.3 Å². The standard InChI is InChI=1S/C20H23BF2N4O/c1-4-25(5-2)16-12-11-15-14-27(21(22,23)28-19(15)13-16)20-24-17-9-7-8-10-18(17)26(20)6-3/h7-14H,4-6H2,1-3H3. The summed E-state index contributed by atoms with van der Waals surface area (Å²) in [5.41, 5.74) is 2.99. The topological polar surface area (TPSA) is 33.3 Å². The van der Waals surface area contributed by atoms with E-state index in [0.717, 1.165) is 28.8 Å². The smallest absolute Gasteiger partial charge is 0.630 e. The molecule has 28 heavy (non-hydrogen) atoms. The maximum atomic E-state index is 15.0. The number of halogens is 2. The van der Waals surface area contributed by atoms with E-state index in [4.69, 9.17) is 4.65 Å². The van der Waals surface area contributed by atoms with Gasteiger partial charge in [0, 0.05) is 30.6 Å². The summed E-state index contributed by atoms with van der Waals surface area (Å²) in [6.07, 6.45) is 1.44. The molecule has 8 heteroatoms. The third-order valence-corrected chi connectivity index (χ3v) is 5.18. The maximum absolute atomic E-state index is 15.0. The van der Waals surface area contributed by atoms with E-state index in [1.54, 1.807) is 10.6 Å². The minimum atomic E-state index is -4.30. The Hall–Kier alpha value is -2.90. The molecule has 0 amide bonds. The first-order valence-corrected chi connectivity index (χ1v) is 9.66. The first-order chi connectivity index (χ1) is 13.5. The Morgan fingerprint density at radius 3 is 2.57 bits per heavy atom. The van der Waals surface area contributed by atoms with Gasteiger partial charge in [0.25, 0.3) is 0 Å². The van der Waals surface area contributed by atoms with Crippen molar-refractivity contribution in [2.45, 2.75) is 27.3 Å². The number of fused-ring (bicyclic) bond motifs is 2. The number of para-hydroxylation sites is 2. The summed E-state index contributed by atoms with van der Waals surface area (Å²) in [5, 5.41) is 0. The quantitative estimate of drug-likeness (QED) is 0.610. The summed E-state index contributed by atoms with van der Waals surface area (Å²) in [6.45, 7) is 8.11. The minimum Gasteiger partial charge on any atom is -0.630 e. The van der Waals surface area contributed by atoms with Gasteiger partial charge in [-0.25, -0.2) is 4.57 Å². The zero-order valence-electron chi connectivity index (χ0n) is 16.3. The normalized spacial score (nSPS) is 15.1. The molecule has 3 aromatic rings. The monoisotopic (exact) mass is 384 g/mol. The summed E-state index contributed by atoms with van der Waals surface area (Å²) in [4.78, 5) is 6.55. The highest BCUT2D eigenvalue weighted by Gasteiger charge is 2.45. The summed E-state index contributed by atoms with van der Waals surface area (Å²) in [7, 11) is -4.30. The van der Waals surface area contributed by atoms with Gasteiger partial charge >= 0.3 is 13.0 Å². The Bertz CT molecular complexity index is 1060. The molecular formula is C20H23BF2N4O. The molecule has 2 aromatic carbocycles. The van der Waals surface area contributed by atoms with E-state index >= 15 is 8.63 Å². The van der Waals surface area contributed by atoms with Gasteiger partial charge in [0.15, 0.2) is 5.52 Å². The van der Waals surface area contributed by atoms with Crippen molar-refractivity contribution in [2.75, 3.05) is 18.0 Å². The maximum Gasteiger partial charge on any atom is 0.701 e. The second kappa shape index (κ2) is 6.93. The predicted octanol–water partition coefficient (Wildman–Crippen LogP) is 4.43. The Morgan fingerprint density at radius 1 is 1.11 bits per heavy atom. The van der Waals surface area contributed by atoms with Crippen molar-refractivity contribution >= 4 is 35.9 Å². The Kier molecular flexibility index (Phi) is 4.57. The van der Waals surface area contributed by atoms with E-state index in [2.05, 4.69) is 9.88 Å². The zero-order chi connectivity index (χ0) is 19.9. The highest BCUT2D eigenvalue weighted by molar-refractivity contribution is 6.53. The van der Waals surface area contributed by atoms with Gasteiger partial charge in [-0.15, -0.1) is 0 Å². The molecule has 0 aliphatic carbocycles. The first kappa shape index (κ1) is 18.5. The van der Waals surface area contributed by atoms with Crippen LogP contribution in [-0.4, -0.2) is 40.4 Å². The summed E-state index contributed by atoms with van der Waals surface area (Å²) < 4.78 is 37.9. The van der Waals surface area contributed by atoms with Crippen LogP contribution in [0.1, 0.15) is 26.3 Å². The Labute approximate surface area is 162 Å². The molecule has 0 bridgehead atoms. The minimum absolute atomic E-state index is 0.187. The van der Waals surface area contributed by atoms with Gasteiger partial charge in [-0.1, -0.05) is 17.1 Å². The van der Waals surface area contributed by atoms with Gasteiger partial charge in [-0.05, 0) is 51.1 Å². The van der Waals surface area contributed by atoms with Gasteiger partial charge in [0.2, 0.25) is 0 Å². The highest BCUT2D eigenvalue weighted by atomic mass is 19.3. The Balaban J connectivity index is 1.85. The molecule has 0 unspecified atom stereocenters. The second-order valence-corrected chi connectivity index (χ2v) is 6.75. The molecule has 1 aliphatic heterocycles. The van der Waals surface area contributed by atoms with Gasteiger partial charge in [0.1, 0.15) is 5.52 Å². The van der Waals surface area contributed by atoms with Crippen molar-refractivity contribution in [3.63, 3.8) is 0 Å². The van der Waals surface area contributed by atoms with Crippen LogP contribution < -0.4 is 9.55 Å². The summed E-state index contributed by atoms with van der Waals surface area (Å²) in [6, 6.07) is 12.9. The van der Waals surface area contributed by atoms with E-state index in [-0.39, 0.29) is 11.7 Å². The van der Waals surface area contributed by atoms with Gasteiger partial charge < -0.3 is 22.7 Å². The van der Waals surface area contributed by atoms with Crippen molar-refractivity contribution in [1.82, 2.24) is 9.55 Å². The van der Waals surface area contributed by atoms with E-state index in [1.165, 1.54) is 6.21 Å². The number of nitrogens with zero attached hydrogens (tertiary/aromatic N) is 4. The van der Waals surface area contributed by atoms with Crippen LogP contribution in [0.2, 0.25) is 0 Å². The van der Waals surface area contributed by atoms with E-state index in [9.17, 15) is 0 Å². The SMILES string of the molecule is CCN(CC)c1ccc2c(c1)O[B-](F)(F)[N+](c1nc3ccccc3n1CC)=C2. The van der Waals surface area contributed by atoms with Crippen LogP contribution in [0.3, 0.4) is 0 Å². The fourth-order valence-corrected chi connectivity index (χ4v) is 3.73. The second-order valence-electron chi connectivity index (χ2n) is 6.75. The molecular weight excluding hydrogens is 361 g/mol. The lowest BCUT2D eigenvalue weighted by atomic mass is 10.00. The van der Waals surface area contributed by atoms with Crippen molar-refractivity contribution in [1.29, 1.82) is 0 Å². The number of benzene rings is 2. The molecule has 5 nitrogen and oxygen atoms in total. The van der Waals surface area contributed by atoms with Crippen LogP contribution in [-0.2, 0) is 6.54 Å². The lowest BCUT2D eigenvalue weighted by molar-refractivity contribution is -0.354.